The smallest absolute Gasteiger partial charge is 0.282 e. The molecule has 0 saturated heterocycles. The Hall–Kier alpha value is -1.80. The van der Waals surface area contributed by atoms with Gasteiger partial charge in [-0.2, -0.15) is 6.92 Å². The summed E-state index contributed by atoms with van der Waals surface area (Å²) in [7, 11) is 1.75. The molecule has 4 aliphatic rings. The molecule has 0 bridgehead atoms. The molecule has 0 aromatic carbocycles. The Bertz CT molecular complexity index is 1310. The van der Waals surface area contributed by atoms with Crippen molar-refractivity contribution in [2.24, 2.45) is 34.5 Å². The van der Waals surface area contributed by atoms with E-state index in [1.54, 1.807) is 24.2 Å². The predicted octanol–water partition coefficient (Wildman–Crippen LogP) is 4.83. The zero-order chi connectivity index (χ0) is 26.3. The second-order valence-corrected chi connectivity index (χ2v) is 12.5. The summed E-state index contributed by atoms with van der Waals surface area (Å²) in [5, 5.41) is 3.17. The van der Waals surface area contributed by atoms with Gasteiger partial charge in [0.2, 0.25) is 0 Å². The van der Waals surface area contributed by atoms with Crippen LogP contribution in [0.3, 0.4) is 0 Å². The number of H-pyrrole nitrogens is 1. The number of hydrogen-bond acceptors (Lipinski definition) is 4. The van der Waals surface area contributed by atoms with Crippen molar-refractivity contribution in [1.29, 1.82) is 0 Å². The summed E-state index contributed by atoms with van der Waals surface area (Å²) in [5.74, 6) is 0.747. The molecule has 2 unspecified atom stereocenters. The van der Waals surface area contributed by atoms with Crippen LogP contribution in [0, 0.1) is 47.5 Å². The van der Waals surface area contributed by atoms with Gasteiger partial charge in [0.1, 0.15) is 0 Å². The van der Waals surface area contributed by atoms with Crippen LogP contribution in [-0.2, 0) is 42.3 Å². The van der Waals surface area contributed by atoms with Gasteiger partial charge in [0.05, 0.1) is 5.52 Å². The summed E-state index contributed by atoms with van der Waals surface area (Å²) in [5.41, 5.74) is 2.12. The Labute approximate surface area is 249 Å². The van der Waals surface area contributed by atoms with Gasteiger partial charge in [0.25, 0.3) is 5.91 Å². The fraction of sp³-hybridized carbons (Fsp3) is 0.621. The molecule has 2 N–H and O–H groups in total. The number of imidazole rings is 1. The Morgan fingerprint density at radius 1 is 1.21 bits per heavy atom. The molecule has 7 nitrogen and oxygen atoms in total. The molecular formula is C29H37FN5O2Y-. The average molecular weight is 596 g/mol. The minimum atomic E-state index is -0.610. The molecule has 2 amide bonds. The first-order valence-electron chi connectivity index (χ1n) is 13.7. The van der Waals surface area contributed by atoms with Crippen LogP contribution < -0.4 is 5.32 Å². The minimum Gasteiger partial charge on any atom is -0.480 e. The van der Waals surface area contributed by atoms with Gasteiger partial charge in [-0.05, 0) is 92.1 Å². The van der Waals surface area contributed by atoms with Crippen LogP contribution in [0.15, 0.2) is 24.2 Å². The molecule has 7 atom stereocenters. The molecule has 9 heteroatoms. The predicted molar refractivity (Wildman–Crippen MR) is 138 cm³/mol. The minimum absolute atomic E-state index is 0. The van der Waals surface area contributed by atoms with Crippen molar-refractivity contribution in [3.8, 4) is 0 Å². The Balaban J connectivity index is 0.00000294. The quantitative estimate of drug-likeness (QED) is 0.498. The number of carbonyl (C=O) groups excluding carboxylic acids is 2. The molecule has 3 aliphatic carbocycles. The van der Waals surface area contributed by atoms with E-state index in [0.717, 1.165) is 49.6 Å². The molecule has 1 radical (unpaired) electrons. The zero-order valence-electron chi connectivity index (χ0n) is 23.0. The Kier molecular flexibility index (Phi) is 7.08. The third kappa shape index (κ3) is 4.07. The van der Waals surface area contributed by atoms with E-state index in [-0.39, 0.29) is 61.4 Å². The molecule has 38 heavy (non-hydrogen) atoms. The third-order valence-corrected chi connectivity index (χ3v) is 10.6. The van der Waals surface area contributed by atoms with Crippen LogP contribution in [0.4, 0.5) is 4.39 Å². The number of amides is 2. The normalized spacial score (nSPS) is 36.1. The first-order chi connectivity index (χ1) is 17.5. The molecule has 2 aromatic heterocycles. The number of fused-ring (bicyclic) bond motifs is 6. The molecule has 201 valence electrons. The van der Waals surface area contributed by atoms with Gasteiger partial charge < -0.3 is 15.2 Å². The van der Waals surface area contributed by atoms with Crippen molar-refractivity contribution in [3.63, 3.8) is 0 Å². The van der Waals surface area contributed by atoms with Crippen LogP contribution >= 0.6 is 0 Å². The topological polar surface area (TPSA) is 91.0 Å². The molecule has 3 fully saturated rings. The number of nitrogens with one attached hydrogen (secondary N) is 2. The van der Waals surface area contributed by atoms with Crippen LogP contribution in [0.2, 0.25) is 0 Å². The van der Waals surface area contributed by atoms with Gasteiger partial charge in [0.15, 0.2) is 17.4 Å². The van der Waals surface area contributed by atoms with Gasteiger partial charge in [-0.15, -0.1) is 0 Å². The maximum Gasteiger partial charge on any atom is 0.282 e. The Morgan fingerprint density at radius 2 is 1.97 bits per heavy atom. The first-order valence-corrected chi connectivity index (χ1v) is 13.7. The van der Waals surface area contributed by atoms with Crippen LogP contribution in [0.25, 0.3) is 11.2 Å². The number of likely N-dealkylation sites (N-methyl/N-ethyl adjacent to an activating group) is 1. The summed E-state index contributed by atoms with van der Waals surface area (Å²) in [4.78, 5) is 39.8. The van der Waals surface area contributed by atoms with Crippen molar-refractivity contribution in [2.45, 2.75) is 72.3 Å². The van der Waals surface area contributed by atoms with Gasteiger partial charge >= 0.3 is 0 Å². The van der Waals surface area contributed by atoms with Gasteiger partial charge in [0, 0.05) is 63.3 Å². The zero-order valence-corrected chi connectivity index (χ0v) is 25.8. The second kappa shape index (κ2) is 9.69. The molecule has 0 spiro atoms. The van der Waals surface area contributed by atoms with Gasteiger partial charge in [-0.25, -0.2) is 20.4 Å². The monoisotopic (exact) mass is 595 g/mol. The average Bonchev–Trinajstić information content (AvgIpc) is 3.43. The molecule has 3 saturated carbocycles. The van der Waals surface area contributed by atoms with E-state index in [2.05, 4.69) is 34.1 Å². The number of pyridine rings is 1. The van der Waals surface area contributed by atoms with Crippen molar-refractivity contribution in [2.75, 3.05) is 7.05 Å². The van der Waals surface area contributed by atoms with E-state index >= 15 is 0 Å². The van der Waals surface area contributed by atoms with Crippen LogP contribution in [-0.4, -0.2) is 44.8 Å². The van der Waals surface area contributed by atoms with E-state index < -0.39 is 11.7 Å². The fourth-order valence-electron chi connectivity index (χ4n) is 8.77. The molecule has 6 rings (SSSR count). The van der Waals surface area contributed by atoms with Crippen molar-refractivity contribution in [3.05, 3.63) is 41.6 Å². The number of aromatic amines is 1. The SMILES string of the molecule is Cc1cnc2nc([C-](C)NC(=O)[C@H]3CC[C@H]4C5CC[C@H]6N(C)C(=O)C(F)=C[C@]6(C)C5CC[C@]34C)[nH]c2c1.[Y]. The Morgan fingerprint density at radius 3 is 2.74 bits per heavy atom. The maximum atomic E-state index is 14.7. The second-order valence-electron chi connectivity index (χ2n) is 12.5. The van der Waals surface area contributed by atoms with Crippen molar-refractivity contribution < 1.29 is 46.7 Å². The standard InChI is InChI=1S/C29H37FN5O2.Y/c1-15-12-22-25(31-14-15)34-24(33-22)16(2)32-26(36)20-8-7-18-17-6-9-23-29(4,13-21(30)27(37)35(23)5)19(17)10-11-28(18,20)3;/h12-14,17-20,23H,6-11H2,1-5H3,(H,32,36)(H,31,33,34);/q-1;/t17?,18-,19?,20+,23+,28-,29+;/m0./s1. The van der Waals surface area contributed by atoms with E-state index in [0.29, 0.717) is 35.3 Å². The molecule has 2 aromatic rings. The fourth-order valence-corrected chi connectivity index (χ4v) is 8.77. The molecular weight excluding hydrogens is 558 g/mol. The number of aromatic nitrogens is 3. The number of hydrogen-bond donors (Lipinski definition) is 2. The number of halogens is 1. The molecule has 1 aliphatic heterocycles. The number of nitrogens with zero attached hydrogens (tertiary/aromatic N) is 3. The van der Waals surface area contributed by atoms with E-state index in [1.165, 1.54) is 0 Å². The molecule has 3 heterocycles. The third-order valence-electron chi connectivity index (χ3n) is 10.6. The number of aryl methyl sites for hydroxylation is 1. The van der Waals surface area contributed by atoms with Crippen molar-refractivity contribution >= 4 is 23.0 Å². The van der Waals surface area contributed by atoms with Crippen LogP contribution in [0.5, 0.6) is 0 Å². The largest absolute Gasteiger partial charge is 0.480 e. The number of carbonyl (C=O) groups is 2. The van der Waals surface area contributed by atoms with Gasteiger partial charge in [-0.3, -0.25) is 9.59 Å². The summed E-state index contributed by atoms with van der Waals surface area (Å²) in [6, 6.07) is 2.76. The van der Waals surface area contributed by atoms with E-state index in [1.807, 2.05) is 19.9 Å². The van der Waals surface area contributed by atoms with Crippen molar-refractivity contribution in [1.82, 2.24) is 25.2 Å². The number of rotatable bonds is 3. The summed E-state index contributed by atoms with van der Waals surface area (Å²) >= 11 is 0. The summed E-state index contributed by atoms with van der Waals surface area (Å²) in [6.07, 6.45) is 9.13. The van der Waals surface area contributed by atoms with Gasteiger partial charge in [-0.1, -0.05) is 13.8 Å². The van der Waals surface area contributed by atoms with E-state index in [9.17, 15) is 14.0 Å². The van der Waals surface area contributed by atoms with E-state index in [4.69, 9.17) is 0 Å². The maximum absolute atomic E-state index is 14.7. The van der Waals surface area contributed by atoms with Crippen LogP contribution in [0.1, 0.15) is 70.7 Å². The summed E-state index contributed by atoms with van der Waals surface area (Å²) in [6.45, 7) is 8.33. The first kappa shape index (κ1) is 27.8. The summed E-state index contributed by atoms with van der Waals surface area (Å²) < 4.78 is 14.7.